The molecule has 144 valence electrons. The van der Waals surface area contributed by atoms with E-state index < -0.39 is 10.0 Å². The summed E-state index contributed by atoms with van der Waals surface area (Å²) in [5.41, 5.74) is 0.946. The van der Waals surface area contributed by atoms with Crippen molar-refractivity contribution in [2.75, 3.05) is 25.5 Å². The van der Waals surface area contributed by atoms with Crippen molar-refractivity contribution in [3.05, 3.63) is 54.1 Å². The number of methoxy groups -OCH3 is 1. The van der Waals surface area contributed by atoms with Gasteiger partial charge in [-0.3, -0.25) is 4.79 Å². The zero-order chi connectivity index (χ0) is 19.3. The molecule has 1 heterocycles. The van der Waals surface area contributed by atoms with Crippen LogP contribution in [-0.2, 0) is 10.0 Å². The van der Waals surface area contributed by atoms with Crippen LogP contribution in [0.5, 0.6) is 5.75 Å². The van der Waals surface area contributed by atoms with Crippen LogP contribution in [0, 0.1) is 0 Å². The molecule has 27 heavy (non-hydrogen) atoms. The normalized spacial score (nSPS) is 15.7. The van der Waals surface area contributed by atoms with Crippen LogP contribution in [0.4, 0.5) is 5.69 Å². The fraction of sp³-hybridized carbons (Fsp3) is 0.350. The maximum atomic E-state index is 12.8. The van der Waals surface area contributed by atoms with Gasteiger partial charge in [0, 0.05) is 18.7 Å². The highest BCUT2D eigenvalue weighted by molar-refractivity contribution is 7.89. The molecule has 1 N–H and O–H groups in total. The average molecular weight is 388 g/mol. The Hall–Kier alpha value is -2.38. The van der Waals surface area contributed by atoms with Crippen LogP contribution in [-0.4, -0.2) is 38.8 Å². The van der Waals surface area contributed by atoms with Gasteiger partial charge in [-0.1, -0.05) is 25.0 Å². The number of carbonyl (C=O) groups excluding carboxylic acids is 1. The molecule has 0 saturated carbocycles. The second-order valence-corrected chi connectivity index (χ2v) is 8.44. The Bertz CT molecular complexity index is 886. The summed E-state index contributed by atoms with van der Waals surface area (Å²) >= 11 is 0. The van der Waals surface area contributed by atoms with Crippen LogP contribution in [0.15, 0.2) is 53.4 Å². The van der Waals surface area contributed by atoms with Crippen molar-refractivity contribution >= 4 is 21.6 Å². The minimum absolute atomic E-state index is 0.221. The van der Waals surface area contributed by atoms with E-state index in [0.717, 1.165) is 25.7 Å². The number of hydrogen-bond acceptors (Lipinski definition) is 4. The molecule has 1 aliphatic heterocycles. The van der Waals surface area contributed by atoms with E-state index in [0.29, 0.717) is 30.1 Å². The monoisotopic (exact) mass is 388 g/mol. The number of amides is 1. The van der Waals surface area contributed by atoms with E-state index in [1.165, 1.54) is 31.4 Å². The SMILES string of the molecule is COc1ccccc1NC(=O)c1ccc(S(=O)(=O)N2CCCCCC2)cc1. The van der Waals surface area contributed by atoms with E-state index in [1.54, 1.807) is 22.5 Å². The average Bonchev–Trinajstić information content (AvgIpc) is 2.98. The van der Waals surface area contributed by atoms with Crippen LogP contribution < -0.4 is 10.1 Å². The molecular weight excluding hydrogens is 364 g/mol. The molecule has 0 atom stereocenters. The number of hydrogen-bond donors (Lipinski definition) is 1. The van der Waals surface area contributed by atoms with Crippen molar-refractivity contribution in [2.45, 2.75) is 30.6 Å². The Labute approximate surface area is 160 Å². The summed E-state index contributed by atoms with van der Waals surface area (Å²) in [7, 11) is -1.98. The first kappa shape index (κ1) is 19.4. The molecule has 2 aromatic rings. The Kier molecular flexibility index (Phi) is 6.13. The lowest BCUT2D eigenvalue weighted by Crippen LogP contribution is -2.31. The van der Waals surface area contributed by atoms with E-state index in [-0.39, 0.29) is 10.8 Å². The lowest BCUT2D eigenvalue weighted by atomic mass is 10.2. The third-order valence-corrected chi connectivity index (χ3v) is 6.59. The zero-order valence-corrected chi connectivity index (χ0v) is 16.2. The van der Waals surface area contributed by atoms with Gasteiger partial charge in [0.05, 0.1) is 17.7 Å². The second kappa shape index (κ2) is 8.54. The predicted octanol–water partition coefficient (Wildman–Crippen LogP) is 3.51. The Balaban J connectivity index is 1.75. The fourth-order valence-electron chi connectivity index (χ4n) is 3.15. The van der Waals surface area contributed by atoms with Gasteiger partial charge in [-0.25, -0.2) is 8.42 Å². The molecule has 6 nitrogen and oxygen atoms in total. The minimum Gasteiger partial charge on any atom is -0.495 e. The molecule has 1 fully saturated rings. The first-order valence-electron chi connectivity index (χ1n) is 9.07. The number of anilines is 1. The van der Waals surface area contributed by atoms with Crippen molar-refractivity contribution in [2.24, 2.45) is 0 Å². The van der Waals surface area contributed by atoms with Crippen molar-refractivity contribution in [1.29, 1.82) is 0 Å². The summed E-state index contributed by atoms with van der Waals surface area (Å²) < 4.78 is 32.4. The Morgan fingerprint density at radius 2 is 1.59 bits per heavy atom. The van der Waals surface area contributed by atoms with E-state index >= 15 is 0 Å². The number of benzene rings is 2. The number of rotatable bonds is 5. The fourth-order valence-corrected chi connectivity index (χ4v) is 4.67. The molecular formula is C20H24N2O4S. The third-order valence-electron chi connectivity index (χ3n) is 4.67. The van der Waals surface area contributed by atoms with Crippen LogP contribution >= 0.6 is 0 Å². The molecule has 0 aromatic heterocycles. The van der Waals surface area contributed by atoms with Crippen molar-refractivity contribution < 1.29 is 17.9 Å². The van der Waals surface area contributed by atoms with E-state index in [4.69, 9.17) is 4.74 Å². The lowest BCUT2D eigenvalue weighted by Gasteiger charge is -2.20. The minimum atomic E-state index is -3.52. The molecule has 7 heteroatoms. The smallest absolute Gasteiger partial charge is 0.255 e. The van der Waals surface area contributed by atoms with Crippen LogP contribution in [0.3, 0.4) is 0 Å². The molecule has 0 spiro atoms. The van der Waals surface area contributed by atoms with Gasteiger partial charge in [0.15, 0.2) is 0 Å². The van der Waals surface area contributed by atoms with Gasteiger partial charge in [-0.15, -0.1) is 0 Å². The molecule has 0 aliphatic carbocycles. The highest BCUT2D eigenvalue weighted by Crippen LogP contribution is 2.24. The Morgan fingerprint density at radius 1 is 0.963 bits per heavy atom. The summed E-state index contributed by atoms with van der Waals surface area (Å²) in [5, 5.41) is 2.78. The number of nitrogens with zero attached hydrogens (tertiary/aromatic N) is 1. The molecule has 2 aromatic carbocycles. The van der Waals surface area contributed by atoms with Gasteiger partial charge in [-0.05, 0) is 49.2 Å². The van der Waals surface area contributed by atoms with Gasteiger partial charge in [0.2, 0.25) is 10.0 Å². The zero-order valence-electron chi connectivity index (χ0n) is 15.3. The van der Waals surface area contributed by atoms with Gasteiger partial charge in [-0.2, -0.15) is 4.31 Å². The molecule has 1 amide bonds. The standard InChI is InChI=1S/C20H24N2O4S/c1-26-19-9-5-4-8-18(19)21-20(23)16-10-12-17(13-11-16)27(24,25)22-14-6-2-3-7-15-22/h4-5,8-13H,2-3,6-7,14-15H2,1H3,(H,21,23). The highest BCUT2D eigenvalue weighted by atomic mass is 32.2. The van der Waals surface area contributed by atoms with Crippen molar-refractivity contribution in [3.63, 3.8) is 0 Å². The summed E-state index contributed by atoms with van der Waals surface area (Å²) in [4.78, 5) is 12.7. The van der Waals surface area contributed by atoms with Crippen LogP contribution in [0.1, 0.15) is 36.0 Å². The van der Waals surface area contributed by atoms with Crippen LogP contribution in [0.25, 0.3) is 0 Å². The van der Waals surface area contributed by atoms with Crippen LogP contribution in [0.2, 0.25) is 0 Å². The summed E-state index contributed by atoms with van der Waals surface area (Å²) in [5.74, 6) is 0.240. The highest BCUT2D eigenvalue weighted by Gasteiger charge is 2.25. The molecule has 0 radical (unpaired) electrons. The number of sulfonamides is 1. The van der Waals surface area contributed by atoms with Crippen molar-refractivity contribution in [1.82, 2.24) is 4.31 Å². The molecule has 1 saturated heterocycles. The quantitative estimate of drug-likeness (QED) is 0.850. The maximum Gasteiger partial charge on any atom is 0.255 e. The summed E-state index contributed by atoms with van der Waals surface area (Å²) in [6, 6.07) is 13.2. The first-order chi connectivity index (χ1) is 13.0. The largest absolute Gasteiger partial charge is 0.495 e. The third kappa shape index (κ3) is 4.48. The number of para-hydroxylation sites is 2. The number of ether oxygens (including phenoxy) is 1. The van der Waals surface area contributed by atoms with E-state index in [1.807, 2.05) is 6.07 Å². The molecule has 0 bridgehead atoms. The lowest BCUT2D eigenvalue weighted by molar-refractivity contribution is 0.102. The van der Waals surface area contributed by atoms with E-state index in [9.17, 15) is 13.2 Å². The van der Waals surface area contributed by atoms with E-state index in [2.05, 4.69) is 5.32 Å². The van der Waals surface area contributed by atoms with Gasteiger partial charge in [0.25, 0.3) is 5.91 Å². The first-order valence-corrected chi connectivity index (χ1v) is 10.5. The molecule has 1 aliphatic rings. The second-order valence-electron chi connectivity index (χ2n) is 6.50. The predicted molar refractivity (Wildman–Crippen MR) is 105 cm³/mol. The van der Waals surface area contributed by atoms with Crippen molar-refractivity contribution in [3.8, 4) is 5.75 Å². The van der Waals surface area contributed by atoms with Gasteiger partial charge < -0.3 is 10.1 Å². The van der Waals surface area contributed by atoms with Gasteiger partial charge in [0.1, 0.15) is 5.75 Å². The number of nitrogens with one attached hydrogen (secondary N) is 1. The molecule has 3 rings (SSSR count). The number of carbonyl (C=O) groups is 1. The Morgan fingerprint density at radius 3 is 2.22 bits per heavy atom. The summed E-state index contributed by atoms with van der Waals surface area (Å²) in [6.45, 7) is 1.11. The molecule has 0 unspecified atom stereocenters. The topological polar surface area (TPSA) is 75.7 Å². The summed E-state index contributed by atoms with van der Waals surface area (Å²) in [6.07, 6.45) is 3.90. The maximum absolute atomic E-state index is 12.8. The van der Waals surface area contributed by atoms with Gasteiger partial charge >= 0.3 is 0 Å².